The van der Waals surface area contributed by atoms with Crippen LogP contribution in [-0.4, -0.2) is 66.1 Å². The van der Waals surface area contributed by atoms with E-state index in [0.29, 0.717) is 54.6 Å². The lowest BCUT2D eigenvalue weighted by atomic mass is 9.93. The highest BCUT2D eigenvalue weighted by Crippen LogP contribution is 2.36. The summed E-state index contributed by atoms with van der Waals surface area (Å²) in [7, 11) is 1.64. The summed E-state index contributed by atoms with van der Waals surface area (Å²) in [5.74, 6) is 0.254. The molecular weight excluding hydrogens is 568 g/mol. The van der Waals surface area contributed by atoms with E-state index in [4.69, 9.17) is 33.2 Å². The topological polar surface area (TPSA) is 89.8 Å². The minimum atomic E-state index is -0.607. The zero-order valence-corrected chi connectivity index (χ0v) is 23.9. The Balaban J connectivity index is 1.29. The Morgan fingerprint density at radius 3 is 2.41 bits per heavy atom. The van der Waals surface area contributed by atoms with Gasteiger partial charge in [0, 0.05) is 51.3 Å². The zero-order chi connectivity index (χ0) is 29.1. The van der Waals surface area contributed by atoms with Gasteiger partial charge < -0.3 is 19.4 Å². The summed E-state index contributed by atoms with van der Waals surface area (Å²) in [6, 6.07) is 15.8. The number of aromatic nitrogens is 1. The van der Waals surface area contributed by atoms with Crippen LogP contribution in [0, 0.1) is 23.1 Å². The summed E-state index contributed by atoms with van der Waals surface area (Å²) in [5, 5.41) is 9.83. The van der Waals surface area contributed by atoms with Crippen LogP contribution in [0.25, 0.3) is 0 Å². The number of benzene rings is 2. The first-order chi connectivity index (χ1) is 19.7. The molecule has 0 N–H and O–H groups in total. The van der Waals surface area contributed by atoms with E-state index in [-0.39, 0.29) is 29.5 Å². The molecule has 0 bridgehead atoms. The third-order valence-electron chi connectivity index (χ3n) is 7.82. The number of likely N-dealkylation sites (tertiary alicyclic amines) is 1. The first kappa shape index (κ1) is 28.7. The van der Waals surface area contributed by atoms with E-state index in [0.717, 1.165) is 11.4 Å². The number of likely N-dealkylation sites (N-methyl/N-ethyl adjacent to an activating group) is 1. The molecule has 5 rings (SSSR count). The SMILES string of the molecule is CN(C(=O)Oc1ccc(F)cc1)C1CN(C(=O)C2CCN(c3ccc(C#N)cn3)CC2)CC1c1ccc(Cl)c(Cl)c1. The lowest BCUT2D eigenvalue weighted by Crippen LogP contribution is -2.45. The average Bonchev–Trinajstić information content (AvgIpc) is 3.44. The fraction of sp³-hybridized carbons (Fsp3) is 0.333. The molecule has 41 heavy (non-hydrogen) atoms. The van der Waals surface area contributed by atoms with Crippen molar-refractivity contribution >= 4 is 41.0 Å². The monoisotopic (exact) mass is 595 g/mol. The van der Waals surface area contributed by atoms with Gasteiger partial charge in [-0.1, -0.05) is 29.3 Å². The van der Waals surface area contributed by atoms with Crippen molar-refractivity contribution in [3.05, 3.63) is 87.8 Å². The van der Waals surface area contributed by atoms with Crippen molar-refractivity contribution in [2.75, 3.05) is 38.1 Å². The molecule has 0 aliphatic carbocycles. The number of piperidine rings is 1. The van der Waals surface area contributed by atoms with E-state index in [1.807, 2.05) is 17.0 Å². The Bertz CT molecular complexity index is 1460. The Hall–Kier alpha value is -3.87. The molecule has 1 aromatic heterocycles. The van der Waals surface area contributed by atoms with E-state index in [1.54, 1.807) is 31.4 Å². The highest BCUT2D eigenvalue weighted by molar-refractivity contribution is 6.42. The highest BCUT2D eigenvalue weighted by Gasteiger charge is 2.42. The van der Waals surface area contributed by atoms with Gasteiger partial charge in [0.05, 0.1) is 21.7 Å². The Morgan fingerprint density at radius 1 is 1.05 bits per heavy atom. The summed E-state index contributed by atoms with van der Waals surface area (Å²) in [6.07, 6.45) is 2.28. The maximum absolute atomic E-state index is 13.7. The minimum absolute atomic E-state index is 0.0466. The van der Waals surface area contributed by atoms with Gasteiger partial charge in [-0.2, -0.15) is 5.26 Å². The van der Waals surface area contributed by atoms with E-state index >= 15 is 0 Å². The number of carbonyl (C=O) groups is 2. The molecule has 2 fully saturated rings. The molecule has 3 aromatic rings. The van der Waals surface area contributed by atoms with Crippen molar-refractivity contribution in [3.63, 3.8) is 0 Å². The summed E-state index contributed by atoms with van der Waals surface area (Å²) < 4.78 is 18.8. The predicted molar refractivity (Wildman–Crippen MR) is 154 cm³/mol. The van der Waals surface area contributed by atoms with Gasteiger partial charge in [0.1, 0.15) is 23.5 Å². The van der Waals surface area contributed by atoms with Crippen molar-refractivity contribution in [3.8, 4) is 11.8 Å². The van der Waals surface area contributed by atoms with Crippen LogP contribution in [0.4, 0.5) is 15.0 Å². The van der Waals surface area contributed by atoms with Gasteiger partial charge in [-0.3, -0.25) is 4.79 Å². The molecule has 11 heteroatoms. The van der Waals surface area contributed by atoms with Crippen molar-refractivity contribution in [1.29, 1.82) is 5.26 Å². The zero-order valence-electron chi connectivity index (χ0n) is 22.3. The van der Waals surface area contributed by atoms with Crippen LogP contribution in [0.5, 0.6) is 5.75 Å². The molecule has 0 saturated carbocycles. The van der Waals surface area contributed by atoms with Crippen LogP contribution in [0.15, 0.2) is 60.8 Å². The summed E-state index contributed by atoms with van der Waals surface area (Å²) in [4.78, 5) is 36.6. The fourth-order valence-corrected chi connectivity index (χ4v) is 5.80. The van der Waals surface area contributed by atoms with Crippen LogP contribution >= 0.6 is 23.2 Å². The van der Waals surface area contributed by atoms with Crippen molar-refractivity contribution in [2.45, 2.75) is 24.8 Å². The van der Waals surface area contributed by atoms with E-state index in [2.05, 4.69) is 16.0 Å². The van der Waals surface area contributed by atoms with E-state index in [1.165, 1.54) is 29.2 Å². The molecule has 2 saturated heterocycles. The third kappa shape index (κ3) is 6.39. The second kappa shape index (κ2) is 12.3. The molecule has 8 nitrogen and oxygen atoms in total. The number of pyridine rings is 1. The van der Waals surface area contributed by atoms with Gasteiger partial charge in [0.15, 0.2) is 0 Å². The molecular formula is C30H28Cl2FN5O3. The lowest BCUT2D eigenvalue weighted by molar-refractivity contribution is -0.135. The largest absolute Gasteiger partial charge is 0.415 e. The quantitative estimate of drug-likeness (QED) is 0.373. The Kier molecular flexibility index (Phi) is 8.62. The molecule has 2 atom stereocenters. The molecule has 3 heterocycles. The number of ether oxygens (including phenoxy) is 1. The summed E-state index contributed by atoms with van der Waals surface area (Å²) in [5.41, 5.74) is 1.37. The number of rotatable bonds is 5. The first-order valence-corrected chi connectivity index (χ1v) is 14.0. The number of nitriles is 1. The smallest absolute Gasteiger partial charge is 0.410 e. The second-order valence-corrected chi connectivity index (χ2v) is 11.1. The van der Waals surface area contributed by atoms with Gasteiger partial charge >= 0.3 is 6.09 Å². The number of halogens is 3. The van der Waals surface area contributed by atoms with Gasteiger partial charge in [-0.25, -0.2) is 14.2 Å². The minimum Gasteiger partial charge on any atom is -0.410 e. The number of hydrogen-bond acceptors (Lipinski definition) is 6. The molecule has 2 unspecified atom stereocenters. The number of anilines is 1. The maximum Gasteiger partial charge on any atom is 0.415 e. The Morgan fingerprint density at radius 2 is 1.78 bits per heavy atom. The molecule has 0 spiro atoms. The van der Waals surface area contributed by atoms with Crippen LogP contribution in [0.3, 0.4) is 0 Å². The first-order valence-electron chi connectivity index (χ1n) is 13.3. The van der Waals surface area contributed by atoms with E-state index < -0.39 is 11.9 Å². The van der Waals surface area contributed by atoms with E-state index in [9.17, 15) is 14.0 Å². The standard InChI is InChI=1S/C30H28Cl2FN5O3/c1-36(30(40)41-23-6-4-22(33)5-7-23)27-18-38(17-24(27)21-3-8-25(31)26(32)14-21)29(39)20-10-12-37(13-11-20)28-9-2-19(15-34)16-35-28/h2-9,14,16,20,24,27H,10-13,17-18H2,1H3. The number of amides is 2. The van der Waals surface area contributed by atoms with Gasteiger partial charge in [0.25, 0.3) is 0 Å². The van der Waals surface area contributed by atoms with Gasteiger partial charge in [-0.05, 0) is 66.9 Å². The van der Waals surface area contributed by atoms with Crippen LogP contribution < -0.4 is 9.64 Å². The number of carbonyl (C=O) groups excluding carboxylic acids is 2. The number of nitrogens with zero attached hydrogens (tertiary/aromatic N) is 5. The van der Waals surface area contributed by atoms with Gasteiger partial charge in [-0.15, -0.1) is 0 Å². The molecule has 2 aliphatic rings. The molecule has 0 radical (unpaired) electrons. The van der Waals surface area contributed by atoms with Crippen molar-refractivity contribution < 1.29 is 18.7 Å². The van der Waals surface area contributed by atoms with Crippen LogP contribution in [0.1, 0.15) is 29.9 Å². The molecule has 212 valence electrons. The molecule has 2 amide bonds. The van der Waals surface area contributed by atoms with Crippen LogP contribution in [0.2, 0.25) is 10.0 Å². The lowest BCUT2D eigenvalue weighted by Gasteiger charge is -2.34. The normalized spacial score (nSPS) is 19.1. The summed E-state index contributed by atoms with van der Waals surface area (Å²) in [6.45, 7) is 2.09. The molecule has 2 aromatic carbocycles. The number of hydrogen-bond donors (Lipinski definition) is 0. The van der Waals surface area contributed by atoms with Crippen molar-refractivity contribution in [2.24, 2.45) is 5.92 Å². The fourth-order valence-electron chi connectivity index (χ4n) is 5.49. The van der Waals surface area contributed by atoms with Crippen molar-refractivity contribution in [1.82, 2.24) is 14.8 Å². The predicted octanol–water partition coefficient (Wildman–Crippen LogP) is 5.74. The average molecular weight is 596 g/mol. The third-order valence-corrected chi connectivity index (χ3v) is 8.56. The molecule has 2 aliphatic heterocycles. The second-order valence-electron chi connectivity index (χ2n) is 10.3. The summed E-state index contributed by atoms with van der Waals surface area (Å²) >= 11 is 12.5. The Labute approximate surface area is 247 Å². The maximum atomic E-state index is 13.7. The van der Waals surface area contributed by atoms with Crippen LogP contribution in [-0.2, 0) is 4.79 Å². The highest BCUT2D eigenvalue weighted by atomic mass is 35.5. The van der Waals surface area contributed by atoms with Gasteiger partial charge in [0.2, 0.25) is 5.91 Å².